The summed E-state index contributed by atoms with van der Waals surface area (Å²) in [6.45, 7) is 3.99. The van der Waals surface area contributed by atoms with Gasteiger partial charge in [0.15, 0.2) is 5.75 Å². The van der Waals surface area contributed by atoms with Crippen LogP contribution in [0.3, 0.4) is 0 Å². The van der Waals surface area contributed by atoms with Crippen LogP contribution in [0.25, 0.3) is 0 Å². The van der Waals surface area contributed by atoms with Gasteiger partial charge in [0, 0.05) is 11.8 Å². The van der Waals surface area contributed by atoms with Crippen LogP contribution >= 0.6 is 0 Å². The minimum Gasteiger partial charge on any atom is -0.319 e. The van der Waals surface area contributed by atoms with E-state index in [1.54, 1.807) is 0 Å². The van der Waals surface area contributed by atoms with Crippen LogP contribution in [0.15, 0.2) is 12.1 Å². The zero-order valence-electron chi connectivity index (χ0n) is 15.0. The molecule has 142 valence electrons. The van der Waals surface area contributed by atoms with Gasteiger partial charge in [-0.3, -0.25) is 9.35 Å². The van der Waals surface area contributed by atoms with Crippen molar-refractivity contribution in [2.75, 3.05) is 0 Å². The number of carbonyl (C=O) groups is 1. The van der Waals surface area contributed by atoms with Crippen molar-refractivity contribution in [1.29, 1.82) is 0 Å². The van der Waals surface area contributed by atoms with E-state index in [4.69, 9.17) is 9.44 Å². The summed E-state index contributed by atoms with van der Waals surface area (Å²) in [6, 6.07) is 3.87. The molecule has 1 aromatic carbocycles. The average Bonchev–Trinajstić information content (AvgIpc) is 2.87. The molecule has 4 atom stereocenters. The third-order valence-corrected chi connectivity index (χ3v) is 7.18. The average molecular weight is 380 g/mol. The minimum absolute atomic E-state index is 0.139. The number of benzene rings is 1. The Balaban J connectivity index is 1.63. The summed E-state index contributed by atoms with van der Waals surface area (Å²) in [6.07, 6.45) is 5.59. The molecule has 0 aromatic heterocycles. The minimum atomic E-state index is -4.66. The molecule has 2 saturated carbocycles. The third-order valence-electron chi connectivity index (χ3n) is 6.94. The molecule has 3 aliphatic carbocycles. The Hall–Kier alpha value is -1.44. The Morgan fingerprint density at radius 1 is 1.19 bits per heavy atom. The van der Waals surface area contributed by atoms with E-state index >= 15 is 0 Å². The molecule has 0 unspecified atom stereocenters. The van der Waals surface area contributed by atoms with Gasteiger partial charge in [-0.25, -0.2) is 0 Å². The summed E-state index contributed by atoms with van der Waals surface area (Å²) in [5.41, 5.74) is 3.06. The zero-order valence-corrected chi connectivity index (χ0v) is 15.8. The van der Waals surface area contributed by atoms with Gasteiger partial charge >= 0.3 is 10.4 Å². The third kappa shape index (κ3) is 2.86. The SMILES string of the molecule is Cc1cc2c(cc1OOS(=O)(=O)O)CC[C@@H]1[C@@H]2CC[C@]2(C)C(=O)CC[C@@H]12. The van der Waals surface area contributed by atoms with Gasteiger partial charge in [0.1, 0.15) is 5.78 Å². The van der Waals surface area contributed by atoms with E-state index in [1.165, 1.54) is 5.56 Å². The molecule has 0 bridgehead atoms. The maximum absolute atomic E-state index is 12.4. The quantitative estimate of drug-likeness (QED) is 0.490. The highest BCUT2D eigenvalue weighted by Crippen LogP contribution is 2.59. The maximum atomic E-state index is 12.4. The number of rotatable bonds is 3. The largest absolute Gasteiger partial charge is 0.432 e. The van der Waals surface area contributed by atoms with Crippen LogP contribution in [0.1, 0.15) is 61.6 Å². The number of Topliss-reactive ketones (excluding diaryl/α,β-unsaturated/α-hetero) is 1. The van der Waals surface area contributed by atoms with Crippen molar-refractivity contribution in [2.24, 2.45) is 17.3 Å². The van der Waals surface area contributed by atoms with E-state index < -0.39 is 10.4 Å². The fraction of sp³-hybridized carbons (Fsp3) is 0.632. The number of ketones is 1. The number of fused-ring (bicyclic) bond motifs is 5. The zero-order chi connectivity index (χ0) is 18.7. The maximum Gasteiger partial charge on any atom is 0.432 e. The first-order valence-corrected chi connectivity index (χ1v) is 10.6. The molecule has 6 nitrogen and oxygen atoms in total. The first-order valence-electron chi connectivity index (χ1n) is 9.19. The molecule has 7 heteroatoms. The van der Waals surface area contributed by atoms with Gasteiger partial charge in [-0.2, -0.15) is 8.42 Å². The summed E-state index contributed by atoms with van der Waals surface area (Å²) in [5, 5.41) is 0. The number of hydrogen-bond acceptors (Lipinski definition) is 5. The van der Waals surface area contributed by atoms with E-state index in [1.807, 2.05) is 19.1 Å². The van der Waals surface area contributed by atoms with Crippen molar-refractivity contribution in [1.82, 2.24) is 0 Å². The number of aryl methyl sites for hydroxylation is 2. The van der Waals surface area contributed by atoms with E-state index in [0.29, 0.717) is 29.3 Å². The Morgan fingerprint density at radius 2 is 1.96 bits per heavy atom. The summed E-state index contributed by atoms with van der Waals surface area (Å²) in [5.74, 6) is 2.19. The smallest absolute Gasteiger partial charge is 0.319 e. The molecule has 3 aliphatic rings. The molecule has 0 aliphatic heterocycles. The molecular weight excluding hydrogens is 356 g/mol. The van der Waals surface area contributed by atoms with E-state index in [9.17, 15) is 13.2 Å². The predicted octanol–water partition coefficient (Wildman–Crippen LogP) is 3.53. The molecule has 0 spiro atoms. The predicted molar refractivity (Wildman–Crippen MR) is 94.1 cm³/mol. The van der Waals surface area contributed by atoms with Gasteiger partial charge in [-0.1, -0.05) is 13.0 Å². The monoisotopic (exact) mass is 380 g/mol. The Kier molecular flexibility index (Phi) is 4.17. The number of carbonyl (C=O) groups excluding carboxylic acids is 1. The van der Waals surface area contributed by atoms with Gasteiger partial charge in [-0.15, -0.1) is 0 Å². The molecule has 2 fully saturated rings. The standard InChI is InChI=1S/C19H24O6S/c1-11-9-15-12(10-17(11)24-25-26(21,22)23)3-4-14-13(15)7-8-19(2)16(14)5-6-18(19)20/h9-10,13-14,16H,3-8H2,1-2H3,(H,21,22,23)/t13-,14+,16-,19-/m0/s1. The van der Waals surface area contributed by atoms with Crippen molar-refractivity contribution in [3.63, 3.8) is 0 Å². The van der Waals surface area contributed by atoms with Crippen LogP contribution in [0.2, 0.25) is 0 Å². The Labute approximate surface area is 153 Å². The first kappa shape index (κ1) is 17.9. The molecule has 0 radical (unpaired) electrons. The van der Waals surface area contributed by atoms with Gasteiger partial charge in [0.05, 0.1) is 0 Å². The van der Waals surface area contributed by atoms with Crippen molar-refractivity contribution in [3.8, 4) is 5.75 Å². The fourth-order valence-corrected chi connectivity index (χ4v) is 5.81. The van der Waals surface area contributed by atoms with Crippen molar-refractivity contribution in [2.45, 2.75) is 58.3 Å². The Bertz CT molecular complexity index is 861. The van der Waals surface area contributed by atoms with Gasteiger partial charge in [0.2, 0.25) is 0 Å². The van der Waals surface area contributed by atoms with Crippen molar-refractivity contribution < 1.29 is 27.0 Å². The van der Waals surface area contributed by atoms with Crippen LogP contribution in [0.4, 0.5) is 0 Å². The molecular formula is C19H24O6S. The van der Waals surface area contributed by atoms with Gasteiger partial charge < -0.3 is 4.89 Å². The number of hydrogen-bond donors (Lipinski definition) is 1. The second kappa shape index (κ2) is 6.04. The van der Waals surface area contributed by atoms with Crippen LogP contribution in [-0.2, 0) is 25.9 Å². The highest BCUT2D eigenvalue weighted by molar-refractivity contribution is 7.80. The summed E-state index contributed by atoms with van der Waals surface area (Å²) >= 11 is 0. The molecule has 4 rings (SSSR count). The lowest BCUT2D eigenvalue weighted by Crippen LogP contribution is -2.42. The van der Waals surface area contributed by atoms with Crippen LogP contribution in [0.5, 0.6) is 5.75 Å². The van der Waals surface area contributed by atoms with Gasteiger partial charge in [-0.05, 0) is 83.9 Å². The lowest BCUT2D eigenvalue weighted by molar-refractivity contribution is -0.129. The first-order chi connectivity index (χ1) is 12.2. The molecule has 1 aromatic rings. The fourth-order valence-electron chi connectivity index (χ4n) is 5.65. The summed E-state index contributed by atoms with van der Waals surface area (Å²) in [7, 11) is -4.66. The second-order valence-electron chi connectivity index (χ2n) is 8.23. The van der Waals surface area contributed by atoms with E-state index in [-0.39, 0.29) is 5.41 Å². The Morgan fingerprint density at radius 3 is 2.69 bits per heavy atom. The lowest BCUT2D eigenvalue weighted by Gasteiger charge is -2.48. The van der Waals surface area contributed by atoms with Crippen LogP contribution in [-0.4, -0.2) is 18.8 Å². The normalized spacial score (nSPS) is 33.3. The highest BCUT2D eigenvalue weighted by Gasteiger charge is 2.54. The molecule has 0 heterocycles. The van der Waals surface area contributed by atoms with Crippen molar-refractivity contribution >= 4 is 16.2 Å². The van der Waals surface area contributed by atoms with Gasteiger partial charge in [0.25, 0.3) is 0 Å². The van der Waals surface area contributed by atoms with Crippen molar-refractivity contribution in [3.05, 3.63) is 28.8 Å². The molecule has 26 heavy (non-hydrogen) atoms. The lowest BCUT2D eigenvalue weighted by atomic mass is 9.55. The molecule has 1 N–H and O–H groups in total. The summed E-state index contributed by atoms with van der Waals surface area (Å²) < 4.78 is 34.2. The van der Waals surface area contributed by atoms with Crippen LogP contribution in [0, 0.1) is 24.2 Å². The molecule has 0 amide bonds. The van der Waals surface area contributed by atoms with Crippen LogP contribution < -0.4 is 4.89 Å². The highest BCUT2D eigenvalue weighted by atomic mass is 32.3. The topological polar surface area (TPSA) is 89.9 Å². The summed E-state index contributed by atoms with van der Waals surface area (Å²) in [4.78, 5) is 17.2. The van der Waals surface area contributed by atoms with E-state index in [2.05, 4.69) is 11.3 Å². The molecule has 0 saturated heterocycles. The van der Waals surface area contributed by atoms with E-state index in [0.717, 1.165) is 49.7 Å². The second-order valence-corrected chi connectivity index (χ2v) is 9.22.